The first-order valence-electron chi connectivity index (χ1n) is 7.36. The van der Waals surface area contributed by atoms with Gasteiger partial charge in [-0.2, -0.15) is 0 Å². The van der Waals surface area contributed by atoms with Gasteiger partial charge in [-0.1, -0.05) is 29.8 Å². The van der Waals surface area contributed by atoms with Crippen molar-refractivity contribution in [1.82, 2.24) is 5.32 Å². The topological polar surface area (TPSA) is 49.3 Å². The smallest absolute Gasteiger partial charge is 0.246 e. The van der Waals surface area contributed by atoms with Crippen LogP contribution in [0.4, 0.5) is 0 Å². The molecule has 0 spiro atoms. The first-order chi connectivity index (χ1) is 9.70. The van der Waals surface area contributed by atoms with Crippen molar-refractivity contribution >= 4 is 5.91 Å². The van der Waals surface area contributed by atoms with E-state index in [0.29, 0.717) is 6.54 Å². The molecule has 0 radical (unpaired) electrons. The average molecular weight is 273 g/mol. The molecule has 1 aromatic rings. The van der Waals surface area contributed by atoms with E-state index in [0.717, 1.165) is 30.4 Å². The van der Waals surface area contributed by atoms with Crippen molar-refractivity contribution in [3.63, 3.8) is 0 Å². The number of amides is 1. The lowest BCUT2D eigenvalue weighted by molar-refractivity contribution is -0.117. The maximum absolute atomic E-state index is 12.0. The highest BCUT2D eigenvalue weighted by Crippen LogP contribution is 2.26. The largest absolute Gasteiger partial charge is 0.392 e. The van der Waals surface area contributed by atoms with Crippen molar-refractivity contribution in [3.8, 4) is 0 Å². The Morgan fingerprint density at radius 3 is 2.35 bits per heavy atom. The summed E-state index contributed by atoms with van der Waals surface area (Å²) in [5.41, 5.74) is 4.33. The highest BCUT2D eigenvalue weighted by molar-refractivity contribution is 5.93. The van der Waals surface area contributed by atoms with Crippen LogP contribution < -0.4 is 5.32 Å². The lowest BCUT2D eigenvalue weighted by Gasteiger charge is -2.08. The molecule has 0 aliphatic heterocycles. The summed E-state index contributed by atoms with van der Waals surface area (Å²) < 4.78 is 0. The molecule has 0 aromatic heterocycles. The predicted molar refractivity (Wildman–Crippen MR) is 80.2 cm³/mol. The van der Waals surface area contributed by atoms with Gasteiger partial charge in [0, 0.05) is 12.1 Å². The van der Waals surface area contributed by atoms with E-state index in [1.54, 1.807) is 0 Å². The Morgan fingerprint density at radius 1 is 1.15 bits per heavy atom. The lowest BCUT2D eigenvalue weighted by atomic mass is 10.1. The Hall–Kier alpha value is -1.61. The highest BCUT2D eigenvalue weighted by Gasteiger charge is 2.14. The number of aliphatic hydroxyl groups is 1. The molecule has 3 nitrogen and oxygen atoms in total. The standard InChI is InChI=1S/C17H23NO2/c1-13(16-4-2-3-5-16)17(20)18-11-10-14-6-8-15(12-19)9-7-14/h6-9,19H,2-5,10-12H2,1H3,(H,18,20). The maximum atomic E-state index is 12.0. The molecule has 108 valence electrons. The Morgan fingerprint density at radius 2 is 1.75 bits per heavy atom. The van der Waals surface area contributed by atoms with Crippen LogP contribution in [0.3, 0.4) is 0 Å². The van der Waals surface area contributed by atoms with E-state index in [1.807, 2.05) is 31.2 Å². The van der Waals surface area contributed by atoms with Crippen LogP contribution in [0.15, 0.2) is 35.4 Å². The van der Waals surface area contributed by atoms with Crippen molar-refractivity contribution in [1.29, 1.82) is 0 Å². The second kappa shape index (κ2) is 7.25. The van der Waals surface area contributed by atoms with Gasteiger partial charge >= 0.3 is 0 Å². The van der Waals surface area contributed by atoms with Crippen LogP contribution in [0.1, 0.15) is 43.7 Å². The molecule has 1 fully saturated rings. The SMILES string of the molecule is CC(C(=O)NCCc1ccc(CO)cc1)=C1CCCC1. The van der Waals surface area contributed by atoms with Crippen molar-refractivity contribution in [3.05, 3.63) is 46.5 Å². The van der Waals surface area contributed by atoms with Crippen LogP contribution >= 0.6 is 0 Å². The molecule has 1 saturated carbocycles. The molecule has 0 bridgehead atoms. The molecule has 1 amide bonds. The lowest BCUT2D eigenvalue weighted by Crippen LogP contribution is -2.27. The molecule has 2 rings (SSSR count). The van der Waals surface area contributed by atoms with Crippen LogP contribution in [0.25, 0.3) is 0 Å². The van der Waals surface area contributed by atoms with Crippen LogP contribution in [0, 0.1) is 0 Å². The van der Waals surface area contributed by atoms with Crippen molar-refractivity contribution in [2.24, 2.45) is 0 Å². The summed E-state index contributed by atoms with van der Waals surface area (Å²) >= 11 is 0. The molecule has 2 N–H and O–H groups in total. The van der Waals surface area contributed by atoms with Gasteiger partial charge in [0.25, 0.3) is 0 Å². The molecule has 0 atom stereocenters. The summed E-state index contributed by atoms with van der Waals surface area (Å²) in [4.78, 5) is 12.0. The van der Waals surface area contributed by atoms with E-state index in [-0.39, 0.29) is 12.5 Å². The van der Waals surface area contributed by atoms with Crippen molar-refractivity contribution in [2.75, 3.05) is 6.54 Å². The molecule has 3 heteroatoms. The van der Waals surface area contributed by atoms with Crippen LogP contribution in [0.5, 0.6) is 0 Å². The maximum Gasteiger partial charge on any atom is 0.246 e. The van der Waals surface area contributed by atoms with E-state index in [1.165, 1.54) is 24.0 Å². The first-order valence-corrected chi connectivity index (χ1v) is 7.36. The van der Waals surface area contributed by atoms with E-state index in [2.05, 4.69) is 5.32 Å². The predicted octanol–water partition coefficient (Wildman–Crippen LogP) is 2.73. The van der Waals surface area contributed by atoms with Gasteiger partial charge in [0.1, 0.15) is 0 Å². The van der Waals surface area contributed by atoms with Crippen molar-refractivity contribution in [2.45, 2.75) is 45.6 Å². The fraction of sp³-hybridized carbons (Fsp3) is 0.471. The number of hydrogen-bond acceptors (Lipinski definition) is 2. The number of hydrogen-bond donors (Lipinski definition) is 2. The summed E-state index contributed by atoms with van der Waals surface area (Å²) in [5, 5.41) is 12.0. The van der Waals surface area contributed by atoms with Gasteiger partial charge in [-0.3, -0.25) is 4.79 Å². The Balaban J connectivity index is 1.80. The number of allylic oxidation sites excluding steroid dienone is 1. The summed E-state index contributed by atoms with van der Waals surface area (Å²) in [5.74, 6) is 0.0777. The van der Waals surface area contributed by atoms with Gasteiger partial charge in [0.2, 0.25) is 5.91 Å². The molecule has 20 heavy (non-hydrogen) atoms. The number of rotatable bonds is 5. The Labute approximate surface area is 120 Å². The highest BCUT2D eigenvalue weighted by atomic mass is 16.3. The second-order valence-electron chi connectivity index (χ2n) is 5.42. The van der Waals surface area contributed by atoms with Gasteiger partial charge < -0.3 is 10.4 Å². The third kappa shape index (κ3) is 3.94. The molecule has 0 heterocycles. The molecule has 1 aromatic carbocycles. The summed E-state index contributed by atoms with van der Waals surface area (Å²) in [6.45, 7) is 2.66. The fourth-order valence-electron chi connectivity index (χ4n) is 2.60. The third-order valence-electron chi connectivity index (χ3n) is 3.98. The van der Waals surface area contributed by atoms with E-state index >= 15 is 0 Å². The van der Waals surface area contributed by atoms with E-state index < -0.39 is 0 Å². The number of carbonyl (C=O) groups is 1. The van der Waals surface area contributed by atoms with Gasteiger partial charge in [0.15, 0.2) is 0 Å². The summed E-state index contributed by atoms with van der Waals surface area (Å²) in [6, 6.07) is 7.84. The fourth-order valence-corrected chi connectivity index (χ4v) is 2.60. The molecule has 1 aliphatic rings. The van der Waals surface area contributed by atoms with Crippen LogP contribution in [-0.2, 0) is 17.8 Å². The van der Waals surface area contributed by atoms with Gasteiger partial charge in [0.05, 0.1) is 6.61 Å². The number of nitrogens with one attached hydrogen (secondary N) is 1. The minimum atomic E-state index is 0.0732. The Bertz CT molecular complexity index is 480. The van der Waals surface area contributed by atoms with Gasteiger partial charge in [-0.15, -0.1) is 0 Å². The van der Waals surface area contributed by atoms with Crippen molar-refractivity contribution < 1.29 is 9.90 Å². The first kappa shape index (κ1) is 14.8. The number of carbonyl (C=O) groups excluding carboxylic acids is 1. The number of benzene rings is 1. The molecule has 1 aliphatic carbocycles. The van der Waals surface area contributed by atoms with E-state index in [9.17, 15) is 4.79 Å². The molecular formula is C17H23NO2. The van der Waals surface area contributed by atoms with Gasteiger partial charge in [-0.05, 0) is 50.2 Å². The summed E-state index contributed by atoms with van der Waals surface area (Å²) in [6.07, 6.45) is 5.43. The van der Waals surface area contributed by atoms with Crippen LogP contribution in [-0.4, -0.2) is 17.6 Å². The third-order valence-corrected chi connectivity index (χ3v) is 3.98. The zero-order valence-corrected chi connectivity index (χ0v) is 12.1. The molecular weight excluding hydrogens is 250 g/mol. The molecule has 0 saturated heterocycles. The minimum absolute atomic E-state index is 0.0732. The minimum Gasteiger partial charge on any atom is -0.392 e. The normalized spacial score (nSPS) is 14.4. The quantitative estimate of drug-likeness (QED) is 0.810. The Kier molecular flexibility index (Phi) is 5.36. The van der Waals surface area contributed by atoms with Crippen LogP contribution in [0.2, 0.25) is 0 Å². The summed E-state index contributed by atoms with van der Waals surface area (Å²) in [7, 11) is 0. The monoisotopic (exact) mass is 273 g/mol. The molecule has 0 unspecified atom stereocenters. The van der Waals surface area contributed by atoms with E-state index in [4.69, 9.17) is 5.11 Å². The zero-order valence-electron chi connectivity index (χ0n) is 12.1. The second-order valence-corrected chi connectivity index (χ2v) is 5.42. The average Bonchev–Trinajstić information content (AvgIpc) is 3.01. The van der Waals surface area contributed by atoms with Gasteiger partial charge in [-0.25, -0.2) is 0 Å². The zero-order chi connectivity index (χ0) is 14.4. The number of aliphatic hydroxyl groups excluding tert-OH is 1.